The summed E-state index contributed by atoms with van der Waals surface area (Å²) < 4.78 is 0. The molecule has 2 rings (SSSR count). The lowest BCUT2D eigenvalue weighted by atomic mass is 10.4. The molecule has 12 heavy (non-hydrogen) atoms. The predicted octanol–water partition coefficient (Wildman–Crippen LogP) is 1.81. The minimum atomic E-state index is 0. The van der Waals surface area contributed by atoms with E-state index in [2.05, 4.69) is 35.4 Å². The summed E-state index contributed by atoms with van der Waals surface area (Å²) in [5.74, 6) is 0. The first-order chi connectivity index (χ1) is 5.97. The van der Waals surface area contributed by atoms with Crippen molar-refractivity contribution >= 4 is 12.2 Å². The Bertz CT molecular complexity index is 360. The molecule has 1 heteroatoms. The summed E-state index contributed by atoms with van der Waals surface area (Å²) in [5.41, 5.74) is 0. The number of allylic oxidation sites excluding steroid dienone is 2. The van der Waals surface area contributed by atoms with Gasteiger partial charge in [-0.3, -0.25) is 0 Å². The van der Waals surface area contributed by atoms with Gasteiger partial charge in [-0.05, 0) is 17.7 Å². The molecule has 1 N–H and O–H groups in total. The number of aromatic nitrogens is 1. The highest BCUT2D eigenvalue weighted by Gasteiger charge is 1.85. The standard InChI is InChI=1S/C9H9N.C2H6.H2/c1-2-4-8-6-7-10-9(8)5-3-1;1-2;/h1-2,4-7,10H,3H2;1-2H3;1H. The molecule has 0 fully saturated rings. The lowest BCUT2D eigenvalue weighted by Crippen LogP contribution is -2.20. The van der Waals surface area contributed by atoms with E-state index < -0.39 is 0 Å². The molecule has 0 saturated heterocycles. The minimum absolute atomic E-state index is 0. The molecule has 1 aliphatic carbocycles. The van der Waals surface area contributed by atoms with Gasteiger partial charge in [0.15, 0.2) is 0 Å². The van der Waals surface area contributed by atoms with Gasteiger partial charge in [0.1, 0.15) is 0 Å². The quantitative estimate of drug-likeness (QED) is 0.600. The summed E-state index contributed by atoms with van der Waals surface area (Å²) in [5, 5.41) is 2.53. The first kappa shape index (κ1) is 8.85. The monoisotopic (exact) mass is 163 g/mol. The van der Waals surface area contributed by atoms with E-state index in [9.17, 15) is 0 Å². The van der Waals surface area contributed by atoms with Gasteiger partial charge in [0.2, 0.25) is 0 Å². The number of fused-ring (bicyclic) bond motifs is 1. The van der Waals surface area contributed by atoms with Crippen molar-refractivity contribution < 1.29 is 1.43 Å². The molecule has 1 heterocycles. The van der Waals surface area contributed by atoms with Gasteiger partial charge in [0.25, 0.3) is 0 Å². The smallest absolute Gasteiger partial charge is 0.0416 e. The molecule has 0 unspecified atom stereocenters. The number of H-pyrrole nitrogens is 1. The highest BCUT2D eigenvalue weighted by molar-refractivity contribution is 5.42. The summed E-state index contributed by atoms with van der Waals surface area (Å²) in [4.78, 5) is 3.17. The number of rotatable bonds is 0. The Kier molecular flexibility index (Phi) is 3.39. The van der Waals surface area contributed by atoms with Gasteiger partial charge in [0, 0.05) is 13.0 Å². The van der Waals surface area contributed by atoms with E-state index in [1.807, 2.05) is 20.0 Å². The fourth-order valence-corrected chi connectivity index (χ4v) is 1.15. The third-order valence-corrected chi connectivity index (χ3v) is 1.68. The Morgan fingerprint density at radius 3 is 3.08 bits per heavy atom. The highest BCUT2D eigenvalue weighted by Crippen LogP contribution is 1.86. The summed E-state index contributed by atoms with van der Waals surface area (Å²) in [6, 6.07) is 2.08. The van der Waals surface area contributed by atoms with E-state index in [1.54, 1.807) is 0 Å². The van der Waals surface area contributed by atoms with Crippen LogP contribution in [0, 0.1) is 0 Å². The third kappa shape index (κ3) is 1.88. The maximum Gasteiger partial charge on any atom is 0.0416 e. The second-order valence-corrected chi connectivity index (χ2v) is 2.38. The molecule has 0 aliphatic heterocycles. The average Bonchev–Trinajstić information content (AvgIpc) is 2.46. The topological polar surface area (TPSA) is 15.8 Å². The van der Waals surface area contributed by atoms with Crippen LogP contribution < -0.4 is 10.6 Å². The van der Waals surface area contributed by atoms with E-state index in [0.29, 0.717) is 0 Å². The maximum atomic E-state index is 3.17. The Hall–Kier alpha value is -1.24. The first-order valence-electron chi connectivity index (χ1n) is 4.47. The SMILES string of the molecule is C1=CCC=c2[nH]ccc2=C1.CC.[HH]. The van der Waals surface area contributed by atoms with Crippen molar-refractivity contribution in [2.45, 2.75) is 20.3 Å². The molecule has 1 aromatic rings. The van der Waals surface area contributed by atoms with Gasteiger partial charge in [-0.1, -0.05) is 38.2 Å². The van der Waals surface area contributed by atoms with E-state index >= 15 is 0 Å². The number of aromatic amines is 1. The van der Waals surface area contributed by atoms with Crippen molar-refractivity contribution in [2.75, 3.05) is 0 Å². The summed E-state index contributed by atoms with van der Waals surface area (Å²) in [6.45, 7) is 4.00. The second-order valence-electron chi connectivity index (χ2n) is 2.38. The van der Waals surface area contributed by atoms with Crippen LogP contribution in [0.5, 0.6) is 0 Å². The van der Waals surface area contributed by atoms with Crippen LogP contribution in [0.1, 0.15) is 21.7 Å². The second kappa shape index (κ2) is 4.60. The molecule has 0 saturated carbocycles. The number of hydrogen-bond donors (Lipinski definition) is 1. The lowest BCUT2D eigenvalue weighted by Gasteiger charge is -1.74. The normalized spacial score (nSPS) is 12.8. The van der Waals surface area contributed by atoms with Crippen molar-refractivity contribution in [3.05, 3.63) is 35.0 Å². The van der Waals surface area contributed by atoms with Crippen molar-refractivity contribution in [2.24, 2.45) is 0 Å². The van der Waals surface area contributed by atoms with Crippen molar-refractivity contribution in [1.29, 1.82) is 0 Å². The van der Waals surface area contributed by atoms with Crippen LogP contribution in [-0.4, -0.2) is 4.98 Å². The molecule has 0 bridgehead atoms. The van der Waals surface area contributed by atoms with Crippen LogP contribution in [0.4, 0.5) is 0 Å². The Balaban J connectivity index is 0.000000451. The molecule has 0 atom stereocenters. The highest BCUT2D eigenvalue weighted by atomic mass is 14.6. The van der Waals surface area contributed by atoms with Crippen LogP contribution >= 0.6 is 0 Å². The van der Waals surface area contributed by atoms with Gasteiger partial charge in [-0.25, -0.2) is 0 Å². The molecular weight excluding hydrogens is 146 g/mol. The summed E-state index contributed by atoms with van der Waals surface area (Å²) in [6.07, 6.45) is 11.6. The fourth-order valence-electron chi connectivity index (χ4n) is 1.15. The van der Waals surface area contributed by atoms with Gasteiger partial charge >= 0.3 is 0 Å². The van der Waals surface area contributed by atoms with Crippen molar-refractivity contribution in [3.63, 3.8) is 0 Å². The average molecular weight is 163 g/mol. The summed E-state index contributed by atoms with van der Waals surface area (Å²) >= 11 is 0. The van der Waals surface area contributed by atoms with Crippen LogP contribution in [0.3, 0.4) is 0 Å². The molecule has 66 valence electrons. The zero-order valence-corrected chi connectivity index (χ0v) is 7.67. The summed E-state index contributed by atoms with van der Waals surface area (Å²) in [7, 11) is 0. The van der Waals surface area contributed by atoms with Crippen molar-refractivity contribution in [1.82, 2.24) is 4.98 Å². The fraction of sp³-hybridized carbons (Fsp3) is 0.273. The van der Waals surface area contributed by atoms with E-state index in [1.165, 1.54) is 10.6 Å². The Morgan fingerprint density at radius 1 is 1.42 bits per heavy atom. The molecular formula is C11H17N. The van der Waals surface area contributed by atoms with Gasteiger partial charge in [-0.15, -0.1) is 0 Å². The van der Waals surface area contributed by atoms with Crippen LogP contribution in [-0.2, 0) is 0 Å². The van der Waals surface area contributed by atoms with Crippen LogP contribution in [0.25, 0.3) is 12.2 Å². The zero-order valence-electron chi connectivity index (χ0n) is 7.67. The van der Waals surface area contributed by atoms with Gasteiger partial charge in [0.05, 0.1) is 0 Å². The molecule has 1 aromatic heterocycles. The molecule has 0 spiro atoms. The predicted molar refractivity (Wildman–Crippen MR) is 56.2 cm³/mol. The van der Waals surface area contributed by atoms with E-state index in [4.69, 9.17) is 0 Å². The van der Waals surface area contributed by atoms with Gasteiger partial charge in [-0.2, -0.15) is 0 Å². The largest absolute Gasteiger partial charge is 0.361 e. The molecule has 1 aliphatic rings. The molecule has 1 nitrogen and oxygen atoms in total. The Morgan fingerprint density at radius 2 is 2.25 bits per heavy atom. The van der Waals surface area contributed by atoms with E-state index in [0.717, 1.165) is 6.42 Å². The number of nitrogens with one attached hydrogen (secondary N) is 1. The minimum Gasteiger partial charge on any atom is -0.361 e. The Labute approximate surface area is 74.6 Å². The van der Waals surface area contributed by atoms with Crippen molar-refractivity contribution in [3.8, 4) is 0 Å². The molecule has 0 amide bonds. The first-order valence-corrected chi connectivity index (χ1v) is 4.47. The molecule has 0 radical (unpaired) electrons. The lowest BCUT2D eigenvalue weighted by molar-refractivity contribution is 1.29. The molecule has 0 aromatic carbocycles. The zero-order chi connectivity index (χ0) is 8.81. The van der Waals surface area contributed by atoms with E-state index in [-0.39, 0.29) is 1.43 Å². The number of hydrogen-bond acceptors (Lipinski definition) is 0. The van der Waals surface area contributed by atoms with Crippen LogP contribution in [0.2, 0.25) is 0 Å². The third-order valence-electron chi connectivity index (χ3n) is 1.68. The van der Waals surface area contributed by atoms with Crippen LogP contribution in [0.15, 0.2) is 24.4 Å². The maximum absolute atomic E-state index is 3.17. The van der Waals surface area contributed by atoms with Gasteiger partial charge < -0.3 is 4.98 Å².